The molecule has 0 saturated heterocycles. The van der Waals surface area contributed by atoms with Crippen LogP contribution >= 0.6 is 11.6 Å². The molecule has 0 aliphatic rings. The van der Waals surface area contributed by atoms with E-state index in [9.17, 15) is 22.4 Å². The Bertz CT molecular complexity index is 571. The summed E-state index contributed by atoms with van der Waals surface area (Å²) in [5.41, 5.74) is -1.22. The lowest BCUT2D eigenvalue weighted by atomic mass is 10.2. The largest absolute Gasteiger partial charge is 0.361 e. The van der Waals surface area contributed by atoms with E-state index in [-0.39, 0.29) is 11.6 Å². The van der Waals surface area contributed by atoms with Crippen molar-refractivity contribution >= 4 is 21.7 Å². The minimum Gasteiger partial charge on any atom is -0.361 e. The fraction of sp³-hybridized carbons (Fsp3) is 0. The maximum Gasteiger partial charge on any atom is 0.359 e. The van der Waals surface area contributed by atoms with Crippen molar-refractivity contribution in [3.05, 3.63) is 33.7 Å². The van der Waals surface area contributed by atoms with E-state index in [4.69, 9.17) is 0 Å². The zero-order valence-corrected chi connectivity index (χ0v) is 7.05. The van der Waals surface area contributed by atoms with Crippen LogP contribution in [0, 0.1) is 23.3 Å². The predicted octanol–water partition coefficient (Wildman–Crippen LogP) is 2.41. The van der Waals surface area contributed by atoms with Crippen molar-refractivity contribution in [2.45, 2.75) is 0 Å². The maximum absolute atomic E-state index is 12.9. The first kappa shape index (κ1) is 9.20. The molecule has 2 rings (SSSR count). The highest BCUT2D eigenvalue weighted by atomic mass is 32.1. The standard InChI is InChI=1S/C7F4O2S/c8-2-1-6(14-13-7(1)12)5(11)4(10)3(2)9. The van der Waals surface area contributed by atoms with E-state index in [1.807, 2.05) is 0 Å². The normalized spacial score (nSPS) is 11.1. The topological polar surface area (TPSA) is 30.2 Å². The Morgan fingerprint density at radius 2 is 1.50 bits per heavy atom. The summed E-state index contributed by atoms with van der Waals surface area (Å²) in [4.78, 5) is 10.8. The third-order valence-electron chi connectivity index (χ3n) is 1.63. The molecule has 7 heteroatoms. The van der Waals surface area contributed by atoms with Crippen molar-refractivity contribution in [1.82, 2.24) is 0 Å². The summed E-state index contributed by atoms with van der Waals surface area (Å²) in [6, 6.07) is 0. The SMILES string of the molecule is O=c1osc2c(F)c(F)c(F)c(F)c12. The molecule has 0 unspecified atom stereocenters. The Hall–Kier alpha value is -1.37. The van der Waals surface area contributed by atoms with Crippen LogP contribution in [0.5, 0.6) is 0 Å². The lowest BCUT2D eigenvalue weighted by Gasteiger charge is -1.96. The fourth-order valence-electron chi connectivity index (χ4n) is 0.993. The molecule has 0 spiro atoms. The molecule has 14 heavy (non-hydrogen) atoms. The summed E-state index contributed by atoms with van der Waals surface area (Å²) in [7, 11) is 0. The zero-order chi connectivity index (χ0) is 10.5. The Balaban J connectivity index is 3.13. The first-order valence-electron chi connectivity index (χ1n) is 3.28. The van der Waals surface area contributed by atoms with Gasteiger partial charge in [-0.15, -0.1) is 0 Å². The van der Waals surface area contributed by atoms with Crippen molar-refractivity contribution in [2.24, 2.45) is 0 Å². The molecule has 0 fully saturated rings. The zero-order valence-electron chi connectivity index (χ0n) is 6.24. The van der Waals surface area contributed by atoms with Gasteiger partial charge < -0.3 is 3.85 Å². The minimum atomic E-state index is -2.01. The second-order valence-electron chi connectivity index (χ2n) is 2.41. The van der Waals surface area contributed by atoms with Gasteiger partial charge in [-0.1, -0.05) is 0 Å². The van der Waals surface area contributed by atoms with Crippen LogP contribution < -0.4 is 5.63 Å². The Morgan fingerprint density at radius 3 is 2.14 bits per heavy atom. The van der Waals surface area contributed by atoms with Crippen LogP contribution in [0.15, 0.2) is 8.64 Å². The minimum absolute atomic E-state index is 0.168. The van der Waals surface area contributed by atoms with Gasteiger partial charge >= 0.3 is 5.63 Å². The van der Waals surface area contributed by atoms with Crippen LogP contribution in [0.25, 0.3) is 10.1 Å². The van der Waals surface area contributed by atoms with Crippen molar-refractivity contribution in [2.75, 3.05) is 0 Å². The average molecular weight is 224 g/mol. The van der Waals surface area contributed by atoms with Gasteiger partial charge in [0, 0.05) is 0 Å². The van der Waals surface area contributed by atoms with Gasteiger partial charge in [-0.25, -0.2) is 22.4 Å². The first-order chi connectivity index (χ1) is 6.54. The molecule has 74 valence electrons. The monoisotopic (exact) mass is 224 g/mol. The van der Waals surface area contributed by atoms with E-state index >= 15 is 0 Å². The molecular formula is C7F4O2S. The fourth-order valence-corrected chi connectivity index (χ4v) is 1.65. The quantitative estimate of drug-likeness (QED) is 0.390. The maximum atomic E-state index is 12.9. The molecule has 2 nitrogen and oxygen atoms in total. The summed E-state index contributed by atoms with van der Waals surface area (Å²) >= 11 is 0.168. The van der Waals surface area contributed by atoms with Gasteiger partial charge in [0.2, 0.25) is 0 Å². The molecule has 0 aliphatic heterocycles. The lowest BCUT2D eigenvalue weighted by molar-refractivity contribution is 0.418. The Morgan fingerprint density at radius 1 is 0.929 bits per heavy atom. The Kier molecular flexibility index (Phi) is 1.84. The highest BCUT2D eigenvalue weighted by Crippen LogP contribution is 2.27. The van der Waals surface area contributed by atoms with Gasteiger partial charge in [0.15, 0.2) is 23.3 Å². The number of benzene rings is 1. The molecule has 0 bridgehead atoms. The molecule has 0 amide bonds. The van der Waals surface area contributed by atoms with Gasteiger partial charge in [-0.05, 0) is 0 Å². The molecule has 1 aromatic heterocycles. The van der Waals surface area contributed by atoms with E-state index < -0.39 is 39.0 Å². The summed E-state index contributed by atoms with van der Waals surface area (Å²) in [5, 5.41) is -0.897. The highest BCUT2D eigenvalue weighted by molar-refractivity contribution is 7.10. The summed E-state index contributed by atoms with van der Waals surface area (Å²) in [6.07, 6.45) is 0. The third kappa shape index (κ3) is 0.985. The van der Waals surface area contributed by atoms with Crippen molar-refractivity contribution < 1.29 is 21.4 Å². The summed E-state index contributed by atoms with van der Waals surface area (Å²) < 4.78 is 54.5. The van der Waals surface area contributed by atoms with Gasteiger partial charge in [0.1, 0.15) is 10.1 Å². The molecule has 2 aromatic rings. The second-order valence-corrected chi connectivity index (χ2v) is 3.16. The molecular weight excluding hydrogens is 224 g/mol. The molecule has 0 aliphatic carbocycles. The highest BCUT2D eigenvalue weighted by Gasteiger charge is 2.24. The van der Waals surface area contributed by atoms with Gasteiger partial charge in [0.25, 0.3) is 0 Å². The van der Waals surface area contributed by atoms with Crippen LogP contribution in [0.3, 0.4) is 0 Å². The van der Waals surface area contributed by atoms with Crippen LogP contribution in [-0.4, -0.2) is 0 Å². The van der Waals surface area contributed by atoms with Crippen LogP contribution in [0.4, 0.5) is 17.6 Å². The number of rotatable bonds is 0. The number of fused-ring (bicyclic) bond motifs is 1. The van der Waals surface area contributed by atoms with E-state index in [0.29, 0.717) is 0 Å². The van der Waals surface area contributed by atoms with Crippen LogP contribution in [-0.2, 0) is 0 Å². The lowest BCUT2D eigenvalue weighted by Crippen LogP contribution is -2.02. The van der Waals surface area contributed by atoms with Gasteiger partial charge in [-0.2, -0.15) is 0 Å². The molecule has 0 atom stereocenters. The van der Waals surface area contributed by atoms with Crippen molar-refractivity contribution in [3.63, 3.8) is 0 Å². The van der Waals surface area contributed by atoms with Gasteiger partial charge in [0.05, 0.1) is 11.6 Å². The van der Waals surface area contributed by atoms with E-state index in [2.05, 4.69) is 3.85 Å². The van der Waals surface area contributed by atoms with Crippen molar-refractivity contribution in [3.8, 4) is 0 Å². The van der Waals surface area contributed by atoms with Crippen LogP contribution in [0.1, 0.15) is 0 Å². The average Bonchev–Trinajstić information content (AvgIpc) is 2.54. The summed E-state index contributed by atoms with van der Waals surface area (Å²) in [5.74, 6) is -7.31. The Labute approximate surface area is 77.6 Å². The third-order valence-corrected chi connectivity index (χ3v) is 2.41. The molecule has 1 aromatic carbocycles. The van der Waals surface area contributed by atoms with Crippen molar-refractivity contribution in [1.29, 1.82) is 0 Å². The predicted molar refractivity (Wildman–Crippen MR) is 40.2 cm³/mol. The van der Waals surface area contributed by atoms with Gasteiger partial charge in [-0.3, -0.25) is 0 Å². The molecule has 0 radical (unpaired) electrons. The van der Waals surface area contributed by atoms with E-state index in [1.54, 1.807) is 0 Å². The number of halogens is 4. The number of hydrogen-bond donors (Lipinski definition) is 0. The second kappa shape index (κ2) is 2.81. The molecule has 0 saturated carbocycles. The van der Waals surface area contributed by atoms with E-state index in [1.165, 1.54) is 0 Å². The number of hydrogen-bond acceptors (Lipinski definition) is 3. The van der Waals surface area contributed by atoms with E-state index in [0.717, 1.165) is 0 Å². The molecule has 1 heterocycles. The smallest absolute Gasteiger partial charge is 0.359 e. The summed E-state index contributed by atoms with van der Waals surface area (Å²) in [6.45, 7) is 0. The van der Waals surface area contributed by atoms with Crippen LogP contribution in [0.2, 0.25) is 0 Å². The first-order valence-corrected chi connectivity index (χ1v) is 4.03. The molecule has 0 N–H and O–H groups in total.